The third-order valence-electron chi connectivity index (χ3n) is 4.07. The molecule has 0 unspecified atom stereocenters. The zero-order valence-electron chi connectivity index (χ0n) is 12.7. The second kappa shape index (κ2) is 6.66. The maximum absolute atomic E-state index is 10.9. The standard InChI is InChI=1S/C15H19N5O3/c21-14-2-1-13(20(22)23)9-12(14)10-18-5-7-19(8-6-18)15-3-4-16-11-17-15/h1-4,9,17,21H,5-8,10-11H2. The van der Waals surface area contributed by atoms with Gasteiger partial charge in [-0.05, 0) is 12.1 Å². The second-order valence-electron chi connectivity index (χ2n) is 5.55. The highest BCUT2D eigenvalue weighted by atomic mass is 16.6. The van der Waals surface area contributed by atoms with E-state index in [4.69, 9.17) is 0 Å². The van der Waals surface area contributed by atoms with Crippen molar-refractivity contribution in [2.45, 2.75) is 6.54 Å². The van der Waals surface area contributed by atoms with Crippen LogP contribution < -0.4 is 5.32 Å². The van der Waals surface area contributed by atoms with Gasteiger partial charge in [0.1, 0.15) is 18.2 Å². The first-order chi connectivity index (χ1) is 11.1. The topological polar surface area (TPSA) is 94.2 Å². The fraction of sp³-hybridized carbons (Fsp3) is 0.400. The molecular weight excluding hydrogens is 298 g/mol. The minimum atomic E-state index is -0.441. The number of hydrogen-bond acceptors (Lipinski definition) is 7. The summed E-state index contributed by atoms with van der Waals surface area (Å²) in [6, 6.07) is 4.16. The molecule has 23 heavy (non-hydrogen) atoms. The molecule has 0 aliphatic carbocycles. The summed E-state index contributed by atoms with van der Waals surface area (Å²) in [6.07, 6.45) is 3.77. The van der Waals surface area contributed by atoms with Crippen molar-refractivity contribution in [3.63, 3.8) is 0 Å². The number of aromatic hydroxyl groups is 1. The smallest absolute Gasteiger partial charge is 0.270 e. The number of non-ortho nitro benzene ring substituents is 1. The molecule has 2 aliphatic rings. The Morgan fingerprint density at radius 2 is 2.09 bits per heavy atom. The van der Waals surface area contributed by atoms with E-state index in [2.05, 4.69) is 20.1 Å². The number of phenols is 1. The highest BCUT2D eigenvalue weighted by molar-refractivity contribution is 5.72. The number of hydrogen-bond donors (Lipinski definition) is 2. The van der Waals surface area contributed by atoms with E-state index in [1.165, 1.54) is 18.2 Å². The number of nitrogens with zero attached hydrogens (tertiary/aromatic N) is 4. The number of piperazine rings is 1. The normalized spacial score (nSPS) is 18.4. The summed E-state index contributed by atoms with van der Waals surface area (Å²) in [5, 5.41) is 24.0. The van der Waals surface area contributed by atoms with Gasteiger partial charge in [-0.25, -0.2) is 0 Å². The maximum Gasteiger partial charge on any atom is 0.270 e. The maximum atomic E-state index is 10.9. The summed E-state index contributed by atoms with van der Waals surface area (Å²) >= 11 is 0. The molecule has 8 nitrogen and oxygen atoms in total. The Morgan fingerprint density at radius 1 is 1.30 bits per heavy atom. The minimum absolute atomic E-state index is 0.00674. The number of allylic oxidation sites excluding steroid dienone is 1. The van der Waals surface area contributed by atoms with Crippen molar-refractivity contribution in [1.29, 1.82) is 0 Å². The fourth-order valence-corrected chi connectivity index (χ4v) is 2.78. The van der Waals surface area contributed by atoms with Gasteiger partial charge in [-0.1, -0.05) is 0 Å². The van der Waals surface area contributed by atoms with Gasteiger partial charge in [0, 0.05) is 56.6 Å². The zero-order valence-corrected chi connectivity index (χ0v) is 12.7. The molecule has 3 rings (SSSR count). The van der Waals surface area contributed by atoms with Crippen LogP contribution in [0.5, 0.6) is 5.75 Å². The van der Waals surface area contributed by atoms with Gasteiger partial charge in [-0.3, -0.25) is 20.0 Å². The van der Waals surface area contributed by atoms with Crippen LogP contribution in [0, 0.1) is 10.1 Å². The van der Waals surface area contributed by atoms with Crippen molar-refractivity contribution in [3.05, 3.63) is 45.8 Å². The summed E-state index contributed by atoms with van der Waals surface area (Å²) in [5.74, 6) is 1.18. The Kier molecular flexibility index (Phi) is 4.42. The second-order valence-corrected chi connectivity index (χ2v) is 5.55. The summed E-state index contributed by atoms with van der Waals surface area (Å²) in [6.45, 7) is 4.50. The van der Waals surface area contributed by atoms with Gasteiger partial charge < -0.3 is 15.3 Å². The van der Waals surface area contributed by atoms with E-state index < -0.39 is 4.92 Å². The molecule has 1 fully saturated rings. The first-order valence-corrected chi connectivity index (χ1v) is 7.51. The number of rotatable bonds is 4. The Bertz CT molecular complexity index is 651. The molecule has 1 aromatic rings. The fourth-order valence-electron chi connectivity index (χ4n) is 2.78. The van der Waals surface area contributed by atoms with Crippen molar-refractivity contribution < 1.29 is 10.0 Å². The summed E-state index contributed by atoms with van der Waals surface area (Å²) in [7, 11) is 0. The molecular formula is C15H19N5O3. The van der Waals surface area contributed by atoms with Crippen LogP contribution in [0.25, 0.3) is 0 Å². The van der Waals surface area contributed by atoms with Gasteiger partial charge >= 0.3 is 0 Å². The van der Waals surface area contributed by atoms with E-state index in [0.29, 0.717) is 18.8 Å². The van der Waals surface area contributed by atoms with Crippen LogP contribution >= 0.6 is 0 Å². The van der Waals surface area contributed by atoms with Crippen LogP contribution in [0.2, 0.25) is 0 Å². The summed E-state index contributed by atoms with van der Waals surface area (Å²) in [5.41, 5.74) is 0.599. The largest absolute Gasteiger partial charge is 0.508 e. The third-order valence-corrected chi connectivity index (χ3v) is 4.07. The zero-order chi connectivity index (χ0) is 16.2. The molecule has 0 bridgehead atoms. The van der Waals surface area contributed by atoms with E-state index in [1.807, 2.05) is 6.08 Å². The molecule has 122 valence electrons. The van der Waals surface area contributed by atoms with Crippen molar-refractivity contribution in [2.24, 2.45) is 4.99 Å². The Labute approximate surface area is 133 Å². The molecule has 0 atom stereocenters. The van der Waals surface area contributed by atoms with Crippen LogP contribution in [0.15, 0.2) is 35.1 Å². The predicted molar refractivity (Wildman–Crippen MR) is 86.2 cm³/mol. The molecule has 1 aromatic carbocycles. The third kappa shape index (κ3) is 3.59. The van der Waals surface area contributed by atoms with E-state index in [1.54, 1.807) is 6.21 Å². The molecule has 1 saturated heterocycles. The monoisotopic (exact) mass is 317 g/mol. The number of phenolic OH excluding ortho intramolecular Hbond substituents is 1. The lowest BCUT2D eigenvalue weighted by molar-refractivity contribution is -0.385. The summed E-state index contributed by atoms with van der Waals surface area (Å²) in [4.78, 5) is 19.0. The quantitative estimate of drug-likeness (QED) is 0.633. The highest BCUT2D eigenvalue weighted by Gasteiger charge is 2.20. The number of nitrogens with one attached hydrogen (secondary N) is 1. The van der Waals surface area contributed by atoms with E-state index in [-0.39, 0.29) is 11.4 Å². The van der Waals surface area contributed by atoms with Crippen LogP contribution in [-0.4, -0.2) is 58.9 Å². The average molecular weight is 317 g/mol. The van der Waals surface area contributed by atoms with Crippen molar-refractivity contribution in [1.82, 2.24) is 15.1 Å². The number of nitro groups is 1. The van der Waals surface area contributed by atoms with Gasteiger partial charge in [0.15, 0.2) is 0 Å². The van der Waals surface area contributed by atoms with Gasteiger partial charge in [0.2, 0.25) is 0 Å². The Balaban J connectivity index is 1.60. The van der Waals surface area contributed by atoms with E-state index >= 15 is 0 Å². The number of aliphatic imine (C=N–C) groups is 1. The molecule has 0 spiro atoms. The van der Waals surface area contributed by atoms with Crippen molar-refractivity contribution >= 4 is 11.9 Å². The molecule has 8 heteroatoms. The number of benzene rings is 1. The van der Waals surface area contributed by atoms with Gasteiger partial charge in [-0.2, -0.15) is 0 Å². The first-order valence-electron chi connectivity index (χ1n) is 7.51. The van der Waals surface area contributed by atoms with Gasteiger partial charge in [0.25, 0.3) is 5.69 Å². The lowest BCUT2D eigenvalue weighted by Crippen LogP contribution is -2.48. The average Bonchev–Trinajstić information content (AvgIpc) is 2.58. The molecule has 2 N–H and O–H groups in total. The van der Waals surface area contributed by atoms with E-state index in [0.717, 1.165) is 32.0 Å². The van der Waals surface area contributed by atoms with Crippen LogP contribution in [0.3, 0.4) is 0 Å². The molecule has 0 amide bonds. The first kappa shape index (κ1) is 15.3. The van der Waals surface area contributed by atoms with Crippen LogP contribution in [0.4, 0.5) is 5.69 Å². The van der Waals surface area contributed by atoms with Crippen LogP contribution in [0.1, 0.15) is 5.56 Å². The van der Waals surface area contributed by atoms with Gasteiger partial charge in [0.05, 0.1) is 4.92 Å². The lowest BCUT2D eigenvalue weighted by atomic mass is 10.1. The molecule has 2 aliphatic heterocycles. The summed E-state index contributed by atoms with van der Waals surface area (Å²) < 4.78 is 0. The highest BCUT2D eigenvalue weighted by Crippen LogP contribution is 2.24. The van der Waals surface area contributed by atoms with Crippen molar-refractivity contribution in [2.75, 3.05) is 32.8 Å². The van der Waals surface area contributed by atoms with Crippen molar-refractivity contribution in [3.8, 4) is 5.75 Å². The predicted octanol–water partition coefficient (Wildman–Crippen LogP) is 0.891. The minimum Gasteiger partial charge on any atom is -0.508 e. The molecule has 0 radical (unpaired) electrons. The molecule has 0 saturated carbocycles. The Morgan fingerprint density at radius 3 is 2.74 bits per heavy atom. The van der Waals surface area contributed by atoms with Gasteiger partial charge in [-0.15, -0.1) is 0 Å². The van der Waals surface area contributed by atoms with Crippen LogP contribution in [-0.2, 0) is 6.54 Å². The Hall–Kier alpha value is -2.61. The lowest BCUT2D eigenvalue weighted by Gasteiger charge is -2.37. The molecule has 0 aromatic heterocycles. The van der Waals surface area contributed by atoms with E-state index in [9.17, 15) is 15.2 Å². The SMILES string of the molecule is O=[N+]([O-])c1ccc(O)c(CN2CCN(C3=CC=NCN3)CC2)c1. The number of nitro benzene ring substituents is 1. The molecule has 2 heterocycles.